The summed E-state index contributed by atoms with van der Waals surface area (Å²) in [6, 6.07) is 1.66. The van der Waals surface area contributed by atoms with Crippen LogP contribution in [0.5, 0.6) is 5.88 Å². The Morgan fingerprint density at radius 1 is 1.62 bits per heavy atom. The largest absolute Gasteiger partial charge is 0.481 e. The summed E-state index contributed by atoms with van der Waals surface area (Å²) in [5, 5.41) is 4.74. The van der Waals surface area contributed by atoms with Crippen LogP contribution in [0, 0.1) is 0 Å². The molecule has 0 aliphatic rings. The van der Waals surface area contributed by atoms with Crippen molar-refractivity contribution in [3.8, 4) is 5.88 Å². The molecule has 0 fully saturated rings. The number of hydrogen-bond donors (Lipinski definition) is 2. The Balaban J connectivity index is 2.01. The molecule has 7 heteroatoms. The van der Waals surface area contributed by atoms with Crippen molar-refractivity contribution in [1.29, 1.82) is 0 Å². The smallest absolute Gasteiger partial charge is 0.304 e. The van der Waals surface area contributed by atoms with E-state index in [0.29, 0.717) is 18.4 Å². The monoisotopic (exact) mass is 238 g/mol. The van der Waals surface area contributed by atoms with Crippen LogP contribution in [-0.2, 0) is 6.54 Å². The second-order valence-corrected chi connectivity index (χ2v) is 3.79. The molecular weight excluding hydrogens is 228 g/mol. The van der Waals surface area contributed by atoms with Crippen LogP contribution in [-0.4, -0.2) is 22.1 Å². The molecule has 2 aromatic rings. The van der Waals surface area contributed by atoms with E-state index in [0.717, 1.165) is 17.0 Å². The molecule has 0 radical (unpaired) electrons. The summed E-state index contributed by atoms with van der Waals surface area (Å²) in [7, 11) is 1.54. The highest BCUT2D eigenvalue weighted by atomic mass is 32.1. The predicted molar refractivity (Wildman–Crippen MR) is 60.9 cm³/mol. The van der Waals surface area contributed by atoms with Gasteiger partial charge in [0.1, 0.15) is 0 Å². The molecule has 2 heterocycles. The topological polar surface area (TPSA) is 79.9 Å². The molecule has 0 amide bonds. The Hall–Kier alpha value is -1.89. The zero-order valence-electron chi connectivity index (χ0n) is 8.56. The average molecular weight is 238 g/mol. The number of hydrogen-bond acceptors (Lipinski definition) is 6. The normalized spacial score (nSPS) is 10.1. The summed E-state index contributed by atoms with van der Waals surface area (Å²) in [5.41, 5.74) is 0.807. The Kier molecular flexibility index (Phi) is 3.16. The third-order valence-electron chi connectivity index (χ3n) is 1.85. The number of H-pyrrole nitrogens is 1. The molecule has 0 saturated heterocycles. The Bertz CT molecular complexity index is 522. The van der Waals surface area contributed by atoms with E-state index >= 15 is 0 Å². The molecule has 0 unspecified atom stereocenters. The van der Waals surface area contributed by atoms with Gasteiger partial charge < -0.3 is 15.0 Å². The van der Waals surface area contributed by atoms with E-state index in [1.54, 1.807) is 24.8 Å². The highest BCUT2D eigenvalue weighted by Gasteiger charge is 2.00. The zero-order valence-corrected chi connectivity index (χ0v) is 9.37. The summed E-state index contributed by atoms with van der Waals surface area (Å²) in [6.45, 7) is 0.478. The molecule has 2 rings (SSSR count). The highest BCUT2D eigenvalue weighted by Crippen LogP contribution is 2.08. The fourth-order valence-electron chi connectivity index (χ4n) is 1.12. The van der Waals surface area contributed by atoms with Crippen LogP contribution in [0.3, 0.4) is 0 Å². The van der Waals surface area contributed by atoms with E-state index in [1.807, 2.05) is 0 Å². The lowest BCUT2D eigenvalue weighted by molar-refractivity contribution is 0.397. The summed E-state index contributed by atoms with van der Waals surface area (Å²) in [4.78, 5) is 21.6. The van der Waals surface area contributed by atoms with Crippen LogP contribution in [0.2, 0.25) is 0 Å². The maximum atomic E-state index is 10.9. The average Bonchev–Trinajstić information content (AvgIpc) is 2.73. The Morgan fingerprint density at radius 3 is 3.19 bits per heavy atom. The van der Waals surface area contributed by atoms with E-state index in [1.165, 1.54) is 0 Å². The molecule has 0 bridgehead atoms. The molecule has 2 aromatic heterocycles. The molecule has 0 saturated carbocycles. The third-order valence-corrected chi connectivity index (χ3v) is 2.57. The molecule has 2 N–H and O–H groups in total. The summed E-state index contributed by atoms with van der Waals surface area (Å²) >= 11 is 1.13. The number of anilines is 1. The van der Waals surface area contributed by atoms with Crippen molar-refractivity contribution in [1.82, 2.24) is 15.0 Å². The van der Waals surface area contributed by atoms with Crippen LogP contribution in [0.1, 0.15) is 5.69 Å². The van der Waals surface area contributed by atoms with E-state index in [2.05, 4.69) is 20.3 Å². The first-order valence-corrected chi connectivity index (χ1v) is 5.43. The van der Waals surface area contributed by atoms with E-state index in [9.17, 15) is 4.79 Å². The lowest BCUT2D eigenvalue weighted by Crippen LogP contribution is -2.05. The van der Waals surface area contributed by atoms with Gasteiger partial charge in [0.05, 0.1) is 13.7 Å². The highest BCUT2D eigenvalue weighted by molar-refractivity contribution is 7.07. The lowest BCUT2D eigenvalue weighted by Gasteiger charge is -2.03. The number of nitrogens with zero attached hydrogens (tertiary/aromatic N) is 2. The number of aromatic nitrogens is 3. The van der Waals surface area contributed by atoms with Gasteiger partial charge >= 0.3 is 4.87 Å². The predicted octanol–water partition coefficient (Wildman–Crippen LogP) is 0.847. The first-order valence-electron chi connectivity index (χ1n) is 4.55. The van der Waals surface area contributed by atoms with Crippen molar-refractivity contribution in [3.63, 3.8) is 0 Å². The van der Waals surface area contributed by atoms with Gasteiger partial charge in [0.25, 0.3) is 0 Å². The van der Waals surface area contributed by atoms with Crippen molar-refractivity contribution in [2.45, 2.75) is 6.54 Å². The molecule has 84 valence electrons. The van der Waals surface area contributed by atoms with Gasteiger partial charge in [0.2, 0.25) is 11.8 Å². The van der Waals surface area contributed by atoms with Crippen LogP contribution in [0.25, 0.3) is 0 Å². The standard InChI is InChI=1S/C9H10N4O2S/c1-15-7-2-3-10-8(13-7)11-4-6-5-16-9(14)12-6/h2-3,5H,4H2,1H3,(H,12,14)(H,10,11,13). The third kappa shape index (κ3) is 2.57. The molecular formula is C9H10N4O2S. The van der Waals surface area contributed by atoms with Gasteiger partial charge in [-0.3, -0.25) is 4.79 Å². The maximum absolute atomic E-state index is 10.9. The van der Waals surface area contributed by atoms with Crippen LogP contribution in [0.15, 0.2) is 22.4 Å². The van der Waals surface area contributed by atoms with E-state index in [4.69, 9.17) is 4.74 Å². The minimum Gasteiger partial charge on any atom is -0.481 e. The van der Waals surface area contributed by atoms with Gasteiger partial charge in [-0.05, 0) is 0 Å². The molecule has 0 aromatic carbocycles. The second kappa shape index (κ2) is 4.75. The van der Waals surface area contributed by atoms with Gasteiger partial charge in [-0.1, -0.05) is 11.3 Å². The van der Waals surface area contributed by atoms with Crippen LogP contribution < -0.4 is 14.9 Å². The molecule has 0 aliphatic heterocycles. The minimum atomic E-state index is -0.0663. The molecule has 0 aliphatic carbocycles. The molecule has 6 nitrogen and oxygen atoms in total. The van der Waals surface area contributed by atoms with Crippen molar-refractivity contribution in [2.24, 2.45) is 0 Å². The summed E-state index contributed by atoms with van der Waals surface area (Å²) in [6.07, 6.45) is 1.60. The van der Waals surface area contributed by atoms with Crippen molar-refractivity contribution < 1.29 is 4.74 Å². The fraction of sp³-hybridized carbons (Fsp3) is 0.222. The van der Waals surface area contributed by atoms with Crippen molar-refractivity contribution in [2.75, 3.05) is 12.4 Å². The summed E-state index contributed by atoms with van der Waals surface area (Å²) in [5.74, 6) is 0.961. The number of nitrogens with one attached hydrogen (secondary N) is 2. The molecule has 16 heavy (non-hydrogen) atoms. The number of rotatable bonds is 4. The van der Waals surface area contributed by atoms with Crippen LogP contribution in [0.4, 0.5) is 5.95 Å². The van der Waals surface area contributed by atoms with Crippen molar-refractivity contribution in [3.05, 3.63) is 33.0 Å². The summed E-state index contributed by atoms with van der Waals surface area (Å²) < 4.78 is 4.96. The molecule has 0 atom stereocenters. The quantitative estimate of drug-likeness (QED) is 0.825. The fourth-order valence-corrected chi connectivity index (χ4v) is 1.70. The Morgan fingerprint density at radius 2 is 2.50 bits per heavy atom. The molecule has 0 spiro atoms. The van der Waals surface area contributed by atoms with E-state index < -0.39 is 0 Å². The number of thiazole rings is 1. The van der Waals surface area contributed by atoms with E-state index in [-0.39, 0.29) is 4.87 Å². The van der Waals surface area contributed by atoms with Gasteiger partial charge in [-0.15, -0.1) is 0 Å². The van der Waals surface area contributed by atoms with Crippen molar-refractivity contribution >= 4 is 17.3 Å². The van der Waals surface area contributed by atoms with Gasteiger partial charge in [-0.25, -0.2) is 4.98 Å². The number of methoxy groups -OCH3 is 1. The van der Waals surface area contributed by atoms with Gasteiger partial charge in [0.15, 0.2) is 0 Å². The minimum absolute atomic E-state index is 0.0663. The van der Waals surface area contributed by atoms with Gasteiger partial charge in [0, 0.05) is 23.3 Å². The zero-order chi connectivity index (χ0) is 11.4. The van der Waals surface area contributed by atoms with Gasteiger partial charge in [-0.2, -0.15) is 4.98 Å². The SMILES string of the molecule is COc1ccnc(NCc2csc(=O)[nH]2)n1. The Labute approximate surface area is 95.3 Å². The maximum Gasteiger partial charge on any atom is 0.304 e. The second-order valence-electron chi connectivity index (χ2n) is 2.95. The number of ether oxygens (including phenoxy) is 1. The number of aromatic amines is 1. The first-order chi connectivity index (χ1) is 7.78. The lowest BCUT2D eigenvalue weighted by atomic mass is 10.5. The first kappa shape index (κ1) is 10.6. The van der Waals surface area contributed by atoms with Crippen LogP contribution >= 0.6 is 11.3 Å².